The molecule has 3 nitrogen and oxygen atoms in total. The Balaban J connectivity index is 1.98. The number of anilines is 1. The van der Waals surface area contributed by atoms with E-state index < -0.39 is 0 Å². The van der Waals surface area contributed by atoms with Crippen LogP contribution in [0.2, 0.25) is 0 Å². The van der Waals surface area contributed by atoms with Crippen molar-refractivity contribution in [3.05, 3.63) is 17.8 Å². The molecule has 2 heterocycles. The number of aryl methyl sites for hydroxylation is 1. The van der Waals surface area contributed by atoms with Crippen LogP contribution in [0.5, 0.6) is 5.75 Å². The van der Waals surface area contributed by atoms with E-state index in [0.717, 1.165) is 23.7 Å². The zero-order valence-corrected chi connectivity index (χ0v) is 8.34. The minimum absolute atomic E-state index is 0.202. The van der Waals surface area contributed by atoms with Crippen molar-refractivity contribution in [1.29, 1.82) is 0 Å². The summed E-state index contributed by atoms with van der Waals surface area (Å²) in [5, 5.41) is 3.51. The average Bonchev–Trinajstić information content (AvgIpc) is 2.15. The summed E-state index contributed by atoms with van der Waals surface area (Å²) in [6.07, 6.45) is 5.56. The lowest BCUT2D eigenvalue weighted by molar-refractivity contribution is 0.146. The summed E-state index contributed by atoms with van der Waals surface area (Å²) in [6.45, 7) is 2.85. The molecular formula is C11H14N2O. The minimum Gasteiger partial charge on any atom is -0.487 e. The monoisotopic (exact) mass is 190 g/mol. The summed E-state index contributed by atoms with van der Waals surface area (Å²) in [6, 6.07) is 1.99. The van der Waals surface area contributed by atoms with Gasteiger partial charge in [-0.15, -0.1) is 0 Å². The lowest BCUT2D eigenvalue weighted by Crippen LogP contribution is -2.52. The van der Waals surface area contributed by atoms with Crippen LogP contribution in [-0.4, -0.2) is 17.1 Å². The number of ether oxygens (including phenoxy) is 1. The molecule has 1 aromatic rings. The molecular weight excluding hydrogens is 176 g/mol. The van der Waals surface area contributed by atoms with Gasteiger partial charge in [-0.2, -0.15) is 0 Å². The van der Waals surface area contributed by atoms with Gasteiger partial charge in [-0.25, -0.2) is 4.98 Å². The lowest BCUT2D eigenvalue weighted by atomic mass is 9.77. The topological polar surface area (TPSA) is 34.1 Å². The molecule has 2 aliphatic rings. The molecule has 1 aliphatic carbocycles. The van der Waals surface area contributed by atoms with Gasteiger partial charge in [0.05, 0.1) is 5.54 Å². The first-order chi connectivity index (χ1) is 6.79. The number of rotatable bonds is 0. The van der Waals surface area contributed by atoms with E-state index in [1.54, 1.807) is 0 Å². The van der Waals surface area contributed by atoms with E-state index in [0.29, 0.717) is 0 Å². The van der Waals surface area contributed by atoms with Crippen molar-refractivity contribution in [2.24, 2.45) is 0 Å². The van der Waals surface area contributed by atoms with Gasteiger partial charge in [-0.1, -0.05) is 0 Å². The van der Waals surface area contributed by atoms with Gasteiger partial charge in [0.2, 0.25) is 0 Å². The third-order valence-electron chi connectivity index (χ3n) is 3.29. The highest BCUT2D eigenvalue weighted by atomic mass is 16.5. The van der Waals surface area contributed by atoms with Gasteiger partial charge in [0.25, 0.3) is 0 Å². The van der Waals surface area contributed by atoms with Crippen LogP contribution in [0.25, 0.3) is 0 Å². The summed E-state index contributed by atoms with van der Waals surface area (Å²) in [5.41, 5.74) is 1.37. The van der Waals surface area contributed by atoms with E-state index in [1.165, 1.54) is 19.3 Å². The normalized spacial score (nSPS) is 21.8. The molecule has 14 heavy (non-hydrogen) atoms. The van der Waals surface area contributed by atoms with Gasteiger partial charge in [0, 0.05) is 6.20 Å². The molecule has 0 aromatic carbocycles. The van der Waals surface area contributed by atoms with Crippen LogP contribution in [0.3, 0.4) is 0 Å². The van der Waals surface area contributed by atoms with Crippen molar-refractivity contribution >= 4 is 5.82 Å². The number of nitrogens with one attached hydrogen (secondary N) is 1. The Morgan fingerprint density at radius 3 is 3.07 bits per heavy atom. The predicted octanol–water partition coefficient (Wildman–Crippen LogP) is 2.12. The Hall–Kier alpha value is -1.25. The highest BCUT2D eigenvalue weighted by molar-refractivity contribution is 5.57. The third kappa shape index (κ3) is 1.01. The molecule has 1 fully saturated rings. The van der Waals surface area contributed by atoms with E-state index in [-0.39, 0.29) is 5.54 Å². The van der Waals surface area contributed by atoms with Crippen LogP contribution in [-0.2, 0) is 0 Å². The highest BCUT2D eigenvalue weighted by Crippen LogP contribution is 2.42. The number of pyridine rings is 1. The molecule has 1 spiro atoms. The number of hydrogen-bond acceptors (Lipinski definition) is 3. The molecule has 1 aliphatic heterocycles. The second kappa shape index (κ2) is 2.62. The summed E-state index contributed by atoms with van der Waals surface area (Å²) in [4.78, 5) is 4.32. The fourth-order valence-corrected chi connectivity index (χ4v) is 2.19. The maximum atomic E-state index is 5.79. The lowest BCUT2D eigenvalue weighted by Gasteiger charge is -2.45. The first-order valence-electron chi connectivity index (χ1n) is 5.16. The molecule has 0 saturated heterocycles. The fourth-order valence-electron chi connectivity index (χ4n) is 2.19. The molecule has 3 rings (SSSR count). The second-order valence-corrected chi connectivity index (χ2v) is 4.35. The van der Waals surface area contributed by atoms with Crippen LogP contribution in [0.15, 0.2) is 12.3 Å². The van der Waals surface area contributed by atoms with Crippen LogP contribution < -0.4 is 10.1 Å². The zero-order chi connectivity index (χ0) is 9.60. The summed E-state index contributed by atoms with van der Waals surface area (Å²) in [5.74, 6) is 1.86. The van der Waals surface area contributed by atoms with Crippen molar-refractivity contribution < 1.29 is 4.74 Å². The number of fused-ring (bicyclic) bond motifs is 1. The highest BCUT2D eigenvalue weighted by Gasteiger charge is 2.41. The number of hydrogen-bond donors (Lipinski definition) is 1. The fraction of sp³-hybridized carbons (Fsp3) is 0.545. The minimum atomic E-state index is 0.202. The van der Waals surface area contributed by atoms with E-state index in [9.17, 15) is 0 Å². The summed E-state index contributed by atoms with van der Waals surface area (Å²) in [7, 11) is 0. The Kier molecular flexibility index (Phi) is 1.52. The predicted molar refractivity (Wildman–Crippen MR) is 54.7 cm³/mol. The first kappa shape index (κ1) is 8.09. The van der Waals surface area contributed by atoms with Crippen LogP contribution in [0.4, 0.5) is 5.82 Å². The molecule has 1 aromatic heterocycles. The smallest absolute Gasteiger partial charge is 0.169 e. The van der Waals surface area contributed by atoms with E-state index in [2.05, 4.69) is 17.2 Å². The molecule has 1 N–H and O–H groups in total. The Bertz CT molecular complexity index is 372. The van der Waals surface area contributed by atoms with Gasteiger partial charge in [-0.05, 0) is 37.8 Å². The van der Waals surface area contributed by atoms with Crippen LogP contribution >= 0.6 is 0 Å². The molecule has 0 radical (unpaired) electrons. The van der Waals surface area contributed by atoms with Gasteiger partial charge >= 0.3 is 0 Å². The van der Waals surface area contributed by atoms with E-state index in [4.69, 9.17) is 4.74 Å². The summed E-state index contributed by atoms with van der Waals surface area (Å²) >= 11 is 0. The SMILES string of the molecule is Cc1ccnc2c1OCC1(CCC1)N2. The third-order valence-corrected chi connectivity index (χ3v) is 3.29. The Labute approximate surface area is 83.5 Å². The molecule has 0 unspecified atom stereocenters. The van der Waals surface area contributed by atoms with Gasteiger partial charge in [0.15, 0.2) is 11.6 Å². The molecule has 3 heteroatoms. The van der Waals surface area contributed by atoms with Gasteiger partial charge in [0.1, 0.15) is 6.61 Å². The second-order valence-electron chi connectivity index (χ2n) is 4.35. The van der Waals surface area contributed by atoms with Crippen LogP contribution in [0, 0.1) is 6.92 Å². The van der Waals surface area contributed by atoms with E-state index in [1.807, 2.05) is 12.3 Å². The van der Waals surface area contributed by atoms with Crippen molar-refractivity contribution in [2.75, 3.05) is 11.9 Å². The Morgan fingerprint density at radius 2 is 2.36 bits per heavy atom. The molecule has 1 saturated carbocycles. The van der Waals surface area contributed by atoms with Gasteiger partial charge in [-0.3, -0.25) is 0 Å². The standard InChI is InChI=1S/C11H14N2O/c1-8-3-6-12-10-9(8)14-7-11(13-10)4-2-5-11/h3,6H,2,4-5,7H2,1H3,(H,12,13). The van der Waals surface area contributed by atoms with Crippen LogP contribution in [0.1, 0.15) is 24.8 Å². The molecule has 0 bridgehead atoms. The first-order valence-corrected chi connectivity index (χ1v) is 5.16. The average molecular weight is 190 g/mol. The number of aromatic nitrogens is 1. The zero-order valence-electron chi connectivity index (χ0n) is 8.34. The largest absolute Gasteiger partial charge is 0.487 e. The van der Waals surface area contributed by atoms with Crippen molar-refractivity contribution in [2.45, 2.75) is 31.7 Å². The quantitative estimate of drug-likeness (QED) is 0.680. The molecule has 0 atom stereocenters. The van der Waals surface area contributed by atoms with Crippen molar-refractivity contribution in [3.8, 4) is 5.75 Å². The maximum Gasteiger partial charge on any atom is 0.169 e. The van der Waals surface area contributed by atoms with E-state index >= 15 is 0 Å². The maximum absolute atomic E-state index is 5.79. The van der Waals surface area contributed by atoms with Crippen molar-refractivity contribution in [1.82, 2.24) is 4.98 Å². The summed E-state index contributed by atoms with van der Waals surface area (Å²) < 4.78 is 5.79. The van der Waals surface area contributed by atoms with Crippen molar-refractivity contribution in [3.63, 3.8) is 0 Å². The Morgan fingerprint density at radius 1 is 1.50 bits per heavy atom. The molecule has 74 valence electrons. The molecule has 0 amide bonds. The van der Waals surface area contributed by atoms with Gasteiger partial charge < -0.3 is 10.1 Å². The number of nitrogens with zero attached hydrogens (tertiary/aromatic N) is 1.